The number of benzene rings is 3. The van der Waals surface area contributed by atoms with Gasteiger partial charge in [0, 0.05) is 29.6 Å². The van der Waals surface area contributed by atoms with Crippen molar-refractivity contribution in [2.24, 2.45) is 5.14 Å². The second-order valence-electron chi connectivity index (χ2n) is 7.49. The number of methoxy groups -OCH3 is 1. The number of H-pyrrole nitrogens is 1. The molecule has 0 aliphatic carbocycles. The lowest BCUT2D eigenvalue weighted by Crippen LogP contribution is -2.29. The van der Waals surface area contributed by atoms with Crippen LogP contribution in [0, 0.1) is 0 Å². The van der Waals surface area contributed by atoms with Gasteiger partial charge in [-0.3, -0.25) is 0 Å². The Hall–Kier alpha value is -3.18. The minimum Gasteiger partial charge on any atom is -0.497 e. The normalized spacial score (nSPS) is 13.2. The van der Waals surface area contributed by atoms with Gasteiger partial charge in [0.1, 0.15) is 5.75 Å². The molecule has 4 aromatic rings. The zero-order chi connectivity index (χ0) is 23.6. The van der Waals surface area contributed by atoms with Crippen molar-refractivity contribution < 1.29 is 21.6 Å². The molecular weight excluding hydrogens is 462 g/mol. The van der Waals surface area contributed by atoms with E-state index >= 15 is 0 Å². The Bertz CT molecular complexity index is 1490. The fraction of sp³-hybridized carbons (Fsp3) is 0.130. The van der Waals surface area contributed by atoms with Gasteiger partial charge in [0.15, 0.2) is 0 Å². The third kappa shape index (κ3) is 4.93. The van der Waals surface area contributed by atoms with Crippen LogP contribution in [-0.4, -0.2) is 35.5 Å². The highest BCUT2D eigenvalue weighted by atomic mass is 32.2. The van der Waals surface area contributed by atoms with E-state index < -0.39 is 20.0 Å². The first-order chi connectivity index (χ1) is 15.7. The molecule has 1 heterocycles. The highest BCUT2D eigenvalue weighted by Gasteiger charge is 2.23. The van der Waals surface area contributed by atoms with Crippen LogP contribution >= 0.6 is 0 Å². The second-order valence-corrected chi connectivity index (χ2v) is 10.8. The van der Waals surface area contributed by atoms with Gasteiger partial charge in [-0.05, 0) is 47.5 Å². The van der Waals surface area contributed by atoms with E-state index in [9.17, 15) is 16.8 Å². The summed E-state index contributed by atoms with van der Waals surface area (Å²) in [5.74, 6) is 0.375. The van der Waals surface area contributed by atoms with Crippen LogP contribution < -0.4 is 14.6 Å². The molecule has 4 rings (SSSR count). The molecule has 0 radical (unpaired) electrons. The molecule has 172 valence electrons. The van der Waals surface area contributed by atoms with Gasteiger partial charge in [-0.25, -0.2) is 26.7 Å². The van der Waals surface area contributed by atoms with Crippen molar-refractivity contribution in [2.45, 2.75) is 15.7 Å². The third-order valence-electron chi connectivity index (χ3n) is 5.44. The lowest BCUT2D eigenvalue weighted by atomic mass is 9.91. The summed E-state index contributed by atoms with van der Waals surface area (Å²) in [5, 5.41) is 6.13. The molecule has 0 fully saturated rings. The monoisotopic (exact) mass is 485 g/mol. The molecule has 0 spiro atoms. The van der Waals surface area contributed by atoms with Crippen LogP contribution in [0.3, 0.4) is 0 Å². The van der Waals surface area contributed by atoms with E-state index in [0.717, 1.165) is 28.1 Å². The number of fused-ring (bicyclic) bond motifs is 1. The molecule has 4 N–H and O–H groups in total. The minimum atomic E-state index is -4.03. The summed E-state index contributed by atoms with van der Waals surface area (Å²) >= 11 is 0. The predicted molar refractivity (Wildman–Crippen MR) is 126 cm³/mol. The Morgan fingerprint density at radius 2 is 1.64 bits per heavy atom. The Balaban J connectivity index is 1.70. The summed E-state index contributed by atoms with van der Waals surface area (Å²) in [5.41, 5.74) is 2.76. The quantitative estimate of drug-likeness (QED) is 0.353. The topological polar surface area (TPSA) is 131 Å². The number of sulfonamides is 2. The zero-order valence-electron chi connectivity index (χ0n) is 17.7. The van der Waals surface area contributed by atoms with Crippen LogP contribution in [0.15, 0.2) is 88.8 Å². The number of hydrogen-bond donors (Lipinski definition) is 3. The van der Waals surface area contributed by atoms with Crippen LogP contribution in [0.4, 0.5) is 0 Å². The summed E-state index contributed by atoms with van der Waals surface area (Å²) in [6.45, 7) is 0.0517. The van der Waals surface area contributed by atoms with Crippen molar-refractivity contribution >= 4 is 30.9 Å². The van der Waals surface area contributed by atoms with Gasteiger partial charge in [-0.2, -0.15) is 0 Å². The van der Waals surface area contributed by atoms with Gasteiger partial charge in [0.25, 0.3) is 0 Å². The van der Waals surface area contributed by atoms with Crippen LogP contribution in [0.1, 0.15) is 17.0 Å². The highest BCUT2D eigenvalue weighted by Crippen LogP contribution is 2.32. The third-order valence-corrected chi connectivity index (χ3v) is 7.77. The minimum absolute atomic E-state index is 0.0517. The molecule has 33 heavy (non-hydrogen) atoms. The van der Waals surface area contributed by atoms with Gasteiger partial charge in [0.2, 0.25) is 20.0 Å². The Kier molecular flexibility index (Phi) is 6.26. The number of hydrogen-bond acceptors (Lipinski definition) is 5. The molecule has 1 atom stereocenters. The summed E-state index contributed by atoms with van der Waals surface area (Å²) in [4.78, 5) is 2.78. The number of rotatable bonds is 8. The fourth-order valence-corrected chi connectivity index (χ4v) is 5.45. The number of ether oxygens (including phenoxy) is 1. The summed E-state index contributed by atoms with van der Waals surface area (Å²) in [6.07, 6.45) is 1.87. The first-order valence-electron chi connectivity index (χ1n) is 10.0. The first kappa shape index (κ1) is 23.0. The number of aromatic nitrogens is 1. The average Bonchev–Trinajstić information content (AvgIpc) is 3.23. The van der Waals surface area contributed by atoms with E-state index in [1.54, 1.807) is 7.11 Å². The van der Waals surface area contributed by atoms with E-state index in [0.29, 0.717) is 5.75 Å². The molecule has 3 aromatic carbocycles. The lowest BCUT2D eigenvalue weighted by molar-refractivity contribution is 0.414. The molecule has 8 nitrogen and oxygen atoms in total. The molecule has 10 heteroatoms. The number of aromatic amines is 1. The van der Waals surface area contributed by atoms with Crippen LogP contribution in [-0.2, 0) is 20.0 Å². The van der Waals surface area contributed by atoms with Gasteiger partial charge in [-0.15, -0.1) is 0 Å². The van der Waals surface area contributed by atoms with Crippen molar-refractivity contribution in [2.75, 3.05) is 13.7 Å². The van der Waals surface area contributed by atoms with Crippen LogP contribution in [0.2, 0.25) is 0 Å². The smallest absolute Gasteiger partial charge is 0.240 e. The lowest BCUT2D eigenvalue weighted by Gasteiger charge is -2.19. The maximum atomic E-state index is 13.0. The first-order valence-corrected chi connectivity index (χ1v) is 13.0. The van der Waals surface area contributed by atoms with Crippen molar-refractivity contribution in [3.63, 3.8) is 0 Å². The zero-order valence-corrected chi connectivity index (χ0v) is 19.4. The van der Waals surface area contributed by atoms with Crippen molar-refractivity contribution in [1.29, 1.82) is 0 Å². The van der Waals surface area contributed by atoms with E-state index in [2.05, 4.69) is 9.71 Å². The van der Waals surface area contributed by atoms with E-state index in [-0.39, 0.29) is 22.3 Å². The van der Waals surface area contributed by atoms with Crippen molar-refractivity contribution in [3.05, 3.63) is 90.1 Å². The maximum Gasteiger partial charge on any atom is 0.240 e. The predicted octanol–water partition coefficient (Wildman–Crippen LogP) is 2.93. The Labute approximate surface area is 192 Å². The number of nitrogens with two attached hydrogens (primary N) is 1. The molecule has 0 saturated carbocycles. The molecule has 0 amide bonds. The fourth-order valence-electron chi connectivity index (χ4n) is 3.72. The standard InChI is InChI=1S/C23H23N3O5S2/c1-31-17-11-9-16(10-12-17)21(22-14-25-23-8-3-2-7-20(22)23)15-26-33(29,30)19-6-4-5-18(13-19)32(24,27)28/h2-14,21,25-26H,15H2,1H3,(H2,24,27,28). The van der Waals surface area contributed by atoms with Crippen LogP contribution in [0.5, 0.6) is 5.75 Å². The largest absolute Gasteiger partial charge is 0.497 e. The molecular formula is C23H23N3O5S2. The van der Waals surface area contributed by atoms with E-state index in [1.165, 1.54) is 18.2 Å². The van der Waals surface area contributed by atoms with Crippen molar-refractivity contribution in [3.8, 4) is 5.75 Å². The van der Waals surface area contributed by atoms with E-state index in [4.69, 9.17) is 9.88 Å². The van der Waals surface area contributed by atoms with Gasteiger partial charge < -0.3 is 9.72 Å². The maximum absolute atomic E-state index is 13.0. The number of para-hydroxylation sites is 1. The molecule has 1 unspecified atom stereocenters. The molecule has 0 bridgehead atoms. The average molecular weight is 486 g/mol. The SMILES string of the molecule is COc1ccc(C(CNS(=O)(=O)c2cccc(S(N)(=O)=O)c2)c2c[nH]c3ccccc23)cc1. The number of nitrogens with one attached hydrogen (secondary N) is 2. The van der Waals surface area contributed by atoms with Gasteiger partial charge in [-0.1, -0.05) is 36.4 Å². The summed E-state index contributed by atoms with van der Waals surface area (Å²) < 4.78 is 57.2. The molecule has 1 aromatic heterocycles. The number of primary sulfonamides is 1. The molecule has 0 aliphatic rings. The highest BCUT2D eigenvalue weighted by molar-refractivity contribution is 7.90. The molecule has 0 saturated heterocycles. The van der Waals surface area contributed by atoms with Gasteiger partial charge in [0.05, 0.1) is 16.9 Å². The van der Waals surface area contributed by atoms with E-state index in [1.807, 2.05) is 54.7 Å². The van der Waals surface area contributed by atoms with Crippen LogP contribution in [0.25, 0.3) is 10.9 Å². The molecule has 0 aliphatic heterocycles. The Morgan fingerprint density at radius 1 is 0.939 bits per heavy atom. The second kappa shape index (κ2) is 8.99. The van der Waals surface area contributed by atoms with Gasteiger partial charge >= 0.3 is 0 Å². The Morgan fingerprint density at radius 3 is 2.33 bits per heavy atom. The summed E-state index contributed by atoms with van der Waals surface area (Å²) in [7, 11) is -6.46. The summed E-state index contributed by atoms with van der Waals surface area (Å²) in [6, 6.07) is 20.2. The van der Waals surface area contributed by atoms with Crippen molar-refractivity contribution in [1.82, 2.24) is 9.71 Å².